The average molecular weight is 357 g/mol. The molecule has 0 saturated heterocycles. The number of aryl methyl sites for hydroxylation is 1. The van der Waals surface area contributed by atoms with Crippen LogP contribution in [-0.2, 0) is 0 Å². The summed E-state index contributed by atoms with van der Waals surface area (Å²) < 4.78 is 18.7. The molecule has 0 fully saturated rings. The molecule has 0 spiro atoms. The summed E-state index contributed by atoms with van der Waals surface area (Å²) in [5, 5.41) is 3.57. The van der Waals surface area contributed by atoms with Gasteiger partial charge in [0.1, 0.15) is 11.6 Å². The molecule has 0 unspecified atom stereocenters. The third-order valence-corrected chi connectivity index (χ3v) is 4.23. The summed E-state index contributed by atoms with van der Waals surface area (Å²) in [6.45, 7) is 1.99. The van der Waals surface area contributed by atoms with Gasteiger partial charge in [0.25, 0.3) is 0 Å². The van der Waals surface area contributed by atoms with Crippen LogP contribution in [0.3, 0.4) is 0 Å². The fraction of sp³-hybridized carbons (Fsp3) is 0.111. The molecule has 0 atom stereocenters. The number of carbonyl (C=O) groups excluding carboxylic acids is 1. The van der Waals surface area contributed by atoms with Crippen molar-refractivity contribution in [2.24, 2.45) is 0 Å². The Morgan fingerprint density at radius 3 is 2.72 bits per heavy atom. The number of amides is 2. The predicted molar refractivity (Wildman–Crippen MR) is 97.2 cm³/mol. The third kappa shape index (κ3) is 4.33. The number of aromatic nitrogens is 1. The van der Waals surface area contributed by atoms with Crippen molar-refractivity contribution in [1.82, 2.24) is 4.98 Å². The van der Waals surface area contributed by atoms with Gasteiger partial charge in [-0.2, -0.15) is 0 Å². The van der Waals surface area contributed by atoms with E-state index < -0.39 is 0 Å². The Hall–Kier alpha value is -2.93. The maximum atomic E-state index is 13.2. The number of thiazole rings is 1. The fourth-order valence-electron chi connectivity index (χ4n) is 2.07. The van der Waals surface area contributed by atoms with E-state index in [4.69, 9.17) is 4.74 Å². The molecule has 0 aliphatic rings. The molecule has 7 heteroatoms. The second kappa shape index (κ2) is 7.31. The zero-order valence-electron chi connectivity index (χ0n) is 13.7. The van der Waals surface area contributed by atoms with Gasteiger partial charge in [0.05, 0.1) is 6.20 Å². The van der Waals surface area contributed by atoms with Gasteiger partial charge in [-0.15, -0.1) is 0 Å². The molecule has 3 aromatic rings. The Morgan fingerprint density at radius 1 is 1.24 bits per heavy atom. The largest absolute Gasteiger partial charge is 0.445 e. The van der Waals surface area contributed by atoms with Crippen molar-refractivity contribution < 1.29 is 13.9 Å². The Morgan fingerprint density at radius 2 is 2.00 bits per heavy atom. The normalized spacial score (nSPS) is 10.4. The van der Waals surface area contributed by atoms with Crippen LogP contribution in [0.15, 0.2) is 54.7 Å². The number of anilines is 2. The molecule has 25 heavy (non-hydrogen) atoms. The van der Waals surface area contributed by atoms with Crippen LogP contribution in [0.5, 0.6) is 10.8 Å². The molecule has 1 N–H and O–H groups in total. The molecule has 0 radical (unpaired) electrons. The van der Waals surface area contributed by atoms with Crippen LogP contribution in [0.2, 0.25) is 0 Å². The third-order valence-electron chi connectivity index (χ3n) is 3.44. The van der Waals surface area contributed by atoms with Gasteiger partial charge in [-0.3, -0.25) is 10.2 Å². The van der Waals surface area contributed by atoms with Gasteiger partial charge in [-0.25, -0.2) is 14.2 Å². The first kappa shape index (κ1) is 16.9. The maximum absolute atomic E-state index is 13.2. The van der Waals surface area contributed by atoms with E-state index in [-0.39, 0.29) is 11.8 Å². The molecule has 1 heterocycles. The first-order valence-electron chi connectivity index (χ1n) is 7.52. The minimum absolute atomic E-state index is 0.310. The van der Waals surface area contributed by atoms with Gasteiger partial charge in [0.2, 0.25) is 5.06 Å². The number of ether oxygens (including phenoxy) is 1. The van der Waals surface area contributed by atoms with Crippen molar-refractivity contribution in [3.05, 3.63) is 66.1 Å². The summed E-state index contributed by atoms with van der Waals surface area (Å²) >= 11 is 1.16. The zero-order chi connectivity index (χ0) is 17.8. The summed E-state index contributed by atoms with van der Waals surface area (Å²) in [5.74, 6) is -0.00596. The smallest absolute Gasteiger partial charge is 0.327 e. The number of benzene rings is 2. The number of carbonyl (C=O) groups is 1. The standard InChI is InChI=1S/C18H16FN3O2S/c1-12-6-8-14(9-7-12)22(2)18(23)21-17-20-11-16(25-17)24-15-5-3-4-13(19)10-15/h3-11H,1-2H3,(H,20,21,23). The molecule has 0 aliphatic heterocycles. The lowest BCUT2D eigenvalue weighted by molar-refractivity contribution is 0.258. The van der Waals surface area contributed by atoms with Crippen LogP contribution in [0.1, 0.15) is 5.56 Å². The Kier molecular flexibility index (Phi) is 4.95. The van der Waals surface area contributed by atoms with E-state index in [0.29, 0.717) is 15.9 Å². The maximum Gasteiger partial charge on any atom is 0.327 e. The first-order valence-corrected chi connectivity index (χ1v) is 8.33. The monoisotopic (exact) mass is 357 g/mol. The molecule has 128 valence electrons. The molecule has 1 aromatic heterocycles. The molecule has 2 aromatic carbocycles. The number of urea groups is 1. The van der Waals surface area contributed by atoms with Crippen molar-refractivity contribution in [1.29, 1.82) is 0 Å². The molecule has 0 bridgehead atoms. The van der Waals surface area contributed by atoms with Gasteiger partial charge in [0, 0.05) is 18.8 Å². The van der Waals surface area contributed by atoms with Crippen molar-refractivity contribution in [3.63, 3.8) is 0 Å². The van der Waals surface area contributed by atoms with E-state index in [2.05, 4.69) is 10.3 Å². The van der Waals surface area contributed by atoms with E-state index in [1.54, 1.807) is 19.2 Å². The second-order valence-electron chi connectivity index (χ2n) is 5.37. The second-order valence-corrected chi connectivity index (χ2v) is 6.36. The Labute approximate surface area is 148 Å². The quantitative estimate of drug-likeness (QED) is 0.711. The van der Waals surface area contributed by atoms with Crippen LogP contribution >= 0.6 is 11.3 Å². The van der Waals surface area contributed by atoms with E-state index >= 15 is 0 Å². The van der Waals surface area contributed by atoms with E-state index in [9.17, 15) is 9.18 Å². The number of nitrogens with one attached hydrogen (secondary N) is 1. The lowest BCUT2D eigenvalue weighted by Crippen LogP contribution is -2.31. The van der Waals surface area contributed by atoms with Crippen molar-refractivity contribution in [2.75, 3.05) is 17.3 Å². The van der Waals surface area contributed by atoms with Crippen LogP contribution < -0.4 is 15.0 Å². The number of halogens is 1. The average Bonchev–Trinajstić information content (AvgIpc) is 3.01. The molecule has 3 rings (SSSR count). The topological polar surface area (TPSA) is 54.5 Å². The van der Waals surface area contributed by atoms with Crippen molar-refractivity contribution in [2.45, 2.75) is 6.92 Å². The minimum atomic E-state index is -0.379. The Balaban J connectivity index is 1.64. The lowest BCUT2D eigenvalue weighted by atomic mass is 10.2. The minimum Gasteiger partial charge on any atom is -0.445 e. The summed E-state index contributed by atoms with van der Waals surface area (Å²) in [5.41, 5.74) is 1.90. The summed E-state index contributed by atoms with van der Waals surface area (Å²) in [7, 11) is 1.68. The summed E-state index contributed by atoms with van der Waals surface area (Å²) in [6, 6.07) is 13.1. The highest BCUT2D eigenvalue weighted by Gasteiger charge is 2.13. The zero-order valence-corrected chi connectivity index (χ0v) is 14.5. The molecular weight excluding hydrogens is 341 g/mol. The van der Waals surface area contributed by atoms with Crippen LogP contribution in [0.4, 0.5) is 20.0 Å². The predicted octanol–water partition coefficient (Wildman–Crippen LogP) is 5.05. The molecule has 2 amide bonds. The van der Waals surface area contributed by atoms with Gasteiger partial charge < -0.3 is 4.74 Å². The summed E-state index contributed by atoms with van der Waals surface area (Å²) in [4.78, 5) is 17.9. The van der Waals surface area contributed by atoms with Crippen LogP contribution in [0, 0.1) is 12.7 Å². The number of hydrogen-bond donors (Lipinski definition) is 1. The molecule has 0 aliphatic carbocycles. The van der Waals surface area contributed by atoms with E-state index in [1.165, 1.54) is 23.2 Å². The summed E-state index contributed by atoms with van der Waals surface area (Å²) in [6.07, 6.45) is 1.48. The SMILES string of the molecule is Cc1ccc(N(C)C(=O)Nc2ncc(Oc3cccc(F)c3)s2)cc1. The molecule has 0 saturated carbocycles. The highest BCUT2D eigenvalue weighted by Crippen LogP contribution is 2.30. The van der Waals surface area contributed by atoms with Gasteiger partial charge in [-0.1, -0.05) is 35.1 Å². The van der Waals surface area contributed by atoms with E-state index in [1.807, 2.05) is 31.2 Å². The first-order chi connectivity index (χ1) is 12.0. The Bertz CT molecular complexity index is 880. The lowest BCUT2D eigenvalue weighted by Gasteiger charge is -2.17. The van der Waals surface area contributed by atoms with Crippen LogP contribution in [-0.4, -0.2) is 18.1 Å². The fourth-order valence-corrected chi connectivity index (χ4v) is 2.75. The van der Waals surface area contributed by atoms with Gasteiger partial charge >= 0.3 is 6.03 Å². The van der Waals surface area contributed by atoms with Crippen molar-refractivity contribution >= 4 is 28.2 Å². The van der Waals surface area contributed by atoms with Gasteiger partial charge in [-0.05, 0) is 31.2 Å². The molecular formula is C18H16FN3O2S. The molecule has 5 nitrogen and oxygen atoms in total. The van der Waals surface area contributed by atoms with Crippen LogP contribution in [0.25, 0.3) is 0 Å². The highest BCUT2D eigenvalue weighted by molar-refractivity contribution is 7.17. The number of hydrogen-bond acceptors (Lipinski definition) is 4. The number of rotatable bonds is 4. The van der Waals surface area contributed by atoms with Gasteiger partial charge in [0.15, 0.2) is 5.13 Å². The number of nitrogens with zero attached hydrogens (tertiary/aromatic N) is 2. The van der Waals surface area contributed by atoms with E-state index in [0.717, 1.165) is 22.6 Å². The highest BCUT2D eigenvalue weighted by atomic mass is 32.1. The van der Waals surface area contributed by atoms with Crippen molar-refractivity contribution in [3.8, 4) is 10.8 Å².